The smallest absolute Gasteiger partial charge is 0.257 e. The summed E-state index contributed by atoms with van der Waals surface area (Å²) >= 11 is 0. The summed E-state index contributed by atoms with van der Waals surface area (Å²) in [6.45, 7) is 6.84. The second kappa shape index (κ2) is 6.32. The second-order valence-electron chi connectivity index (χ2n) is 5.99. The van der Waals surface area contributed by atoms with E-state index in [4.69, 9.17) is 4.74 Å². The van der Waals surface area contributed by atoms with E-state index in [-0.39, 0.29) is 17.7 Å². The molecule has 1 saturated heterocycles. The number of carbonyl (C=O) groups excluding carboxylic acids is 1. The van der Waals surface area contributed by atoms with Crippen LogP contribution < -0.4 is 0 Å². The number of hydrogen-bond acceptors (Lipinski definition) is 3. The van der Waals surface area contributed by atoms with E-state index < -0.39 is 11.6 Å². The van der Waals surface area contributed by atoms with Gasteiger partial charge in [0.1, 0.15) is 11.5 Å². The highest BCUT2D eigenvalue weighted by Gasteiger charge is 2.28. The van der Waals surface area contributed by atoms with Crippen LogP contribution in [0, 0.1) is 25.5 Å². The Hall–Kier alpha value is -2.28. The number of benzene rings is 1. The van der Waals surface area contributed by atoms with Crippen molar-refractivity contribution in [2.45, 2.75) is 26.9 Å². The van der Waals surface area contributed by atoms with Gasteiger partial charge in [-0.1, -0.05) is 0 Å². The third-order valence-electron chi connectivity index (χ3n) is 4.17. The van der Waals surface area contributed by atoms with Crippen molar-refractivity contribution in [3.63, 3.8) is 0 Å². The second-order valence-corrected chi connectivity index (χ2v) is 5.99. The van der Waals surface area contributed by atoms with E-state index in [1.807, 2.05) is 6.92 Å². The number of aromatic nitrogens is 2. The molecule has 1 aliphatic heterocycles. The van der Waals surface area contributed by atoms with Crippen LogP contribution in [0.5, 0.6) is 0 Å². The molecule has 1 fully saturated rings. The maximum atomic E-state index is 14.1. The molecule has 0 N–H and O–H groups in total. The molecule has 0 spiro atoms. The van der Waals surface area contributed by atoms with E-state index in [9.17, 15) is 13.6 Å². The summed E-state index contributed by atoms with van der Waals surface area (Å²) in [5.74, 6) is -1.52. The van der Waals surface area contributed by atoms with Gasteiger partial charge in [0.25, 0.3) is 5.91 Å². The number of amides is 1. The normalized spacial score (nSPS) is 18.0. The van der Waals surface area contributed by atoms with Crippen molar-refractivity contribution in [3.05, 3.63) is 46.8 Å². The predicted octanol–water partition coefficient (Wildman–Crippen LogP) is 2.63. The van der Waals surface area contributed by atoms with Gasteiger partial charge in [-0.05, 0) is 32.9 Å². The Morgan fingerprint density at radius 3 is 2.75 bits per heavy atom. The first-order chi connectivity index (χ1) is 11.4. The average molecular weight is 335 g/mol. The molecule has 1 aromatic carbocycles. The van der Waals surface area contributed by atoms with Gasteiger partial charge in [-0.25, -0.2) is 13.5 Å². The van der Waals surface area contributed by atoms with Gasteiger partial charge in [-0.15, -0.1) is 0 Å². The minimum atomic E-state index is -0.723. The Morgan fingerprint density at radius 2 is 2.08 bits per heavy atom. The summed E-state index contributed by atoms with van der Waals surface area (Å²) in [5, 5.41) is 4.28. The van der Waals surface area contributed by atoms with E-state index in [1.54, 1.807) is 18.7 Å². The van der Waals surface area contributed by atoms with Crippen molar-refractivity contribution in [1.82, 2.24) is 14.7 Å². The van der Waals surface area contributed by atoms with Gasteiger partial charge in [0, 0.05) is 19.2 Å². The van der Waals surface area contributed by atoms with Gasteiger partial charge < -0.3 is 9.64 Å². The molecule has 5 nitrogen and oxygen atoms in total. The molecule has 7 heteroatoms. The van der Waals surface area contributed by atoms with E-state index in [1.165, 1.54) is 16.8 Å². The van der Waals surface area contributed by atoms with Crippen LogP contribution in [-0.4, -0.2) is 46.4 Å². The lowest BCUT2D eigenvalue weighted by atomic mass is 10.1. The number of nitrogens with zero attached hydrogens (tertiary/aromatic N) is 3. The van der Waals surface area contributed by atoms with Crippen molar-refractivity contribution >= 4 is 5.91 Å². The first kappa shape index (κ1) is 16.6. The van der Waals surface area contributed by atoms with Crippen LogP contribution in [-0.2, 0) is 4.74 Å². The van der Waals surface area contributed by atoms with Crippen LogP contribution in [0.25, 0.3) is 5.69 Å². The summed E-state index contributed by atoms with van der Waals surface area (Å²) in [4.78, 5) is 14.6. The molecular formula is C17H19F2N3O2. The van der Waals surface area contributed by atoms with Gasteiger partial charge in [0.15, 0.2) is 5.82 Å². The van der Waals surface area contributed by atoms with Crippen LogP contribution in [0.1, 0.15) is 28.7 Å². The van der Waals surface area contributed by atoms with E-state index in [2.05, 4.69) is 5.10 Å². The lowest BCUT2D eigenvalue weighted by molar-refractivity contribution is -0.0124. The Bertz CT molecular complexity index is 788. The minimum absolute atomic E-state index is 0.0205. The fourth-order valence-electron chi connectivity index (χ4n) is 3.00. The van der Waals surface area contributed by atoms with Crippen molar-refractivity contribution in [3.8, 4) is 5.69 Å². The molecule has 0 saturated carbocycles. The fraction of sp³-hybridized carbons (Fsp3) is 0.412. The summed E-state index contributed by atoms with van der Waals surface area (Å²) in [7, 11) is 0. The van der Waals surface area contributed by atoms with Crippen LogP contribution in [0.2, 0.25) is 0 Å². The molecule has 128 valence electrons. The van der Waals surface area contributed by atoms with E-state index in [0.29, 0.717) is 36.6 Å². The van der Waals surface area contributed by atoms with Crippen LogP contribution >= 0.6 is 0 Å². The molecule has 1 aliphatic rings. The summed E-state index contributed by atoms with van der Waals surface area (Å²) in [5.41, 5.74) is 1.61. The molecule has 1 atom stereocenters. The molecule has 0 aliphatic carbocycles. The Morgan fingerprint density at radius 1 is 1.33 bits per heavy atom. The van der Waals surface area contributed by atoms with Crippen LogP contribution in [0.4, 0.5) is 8.78 Å². The number of aryl methyl sites for hydroxylation is 1. The molecule has 0 radical (unpaired) electrons. The standard InChI is InChI=1S/C17H19F2N3O2/c1-10-9-21(6-7-24-10)17(23)16-11(2)20-22(12(16)3)15-5-4-13(18)8-14(15)19/h4-5,8,10H,6-7,9H2,1-3H3. The topological polar surface area (TPSA) is 47.4 Å². The SMILES string of the molecule is Cc1nn(-c2ccc(F)cc2F)c(C)c1C(=O)N1CCOC(C)C1. The zero-order valence-electron chi connectivity index (χ0n) is 13.8. The van der Waals surface area contributed by atoms with Crippen LogP contribution in [0.3, 0.4) is 0 Å². The quantitative estimate of drug-likeness (QED) is 0.848. The average Bonchev–Trinajstić information content (AvgIpc) is 2.81. The molecule has 2 aromatic rings. The lowest BCUT2D eigenvalue weighted by Crippen LogP contribution is -2.44. The summed E-state index contributed by atoms with van der Waals surface area (Å²) < 4.78 is 34.0. The zero-order valence-corrected chi connectivity index (χ0v) is 13.8. The number of rotatable bonds is 2. The van der Waals surface area contributed by atoms with Gasteiger partial charge >= 0.3 is 0 Å². The number of ether oxygens (including phenoxy) is 1. The Labute approximate surface area is 138 Å². The first-order valence-corrected chi connectivity index (χ1v) is 7.81. The third kappa shape index (κ3) is 2.91. The predicted molar refractivity (Wildman–Crippen MR) is 84.3 cm³/mol. The minimum Gasteiger partial charge on any atom is -0.375 e. The molecule has 0 bridgehead atoms. The molecule has 1 amide bonds. The molecule has 1 unspecified atom stereocenters. The van der Waals surface area contributed by atoms with E-state index >= 15 is 0 Å². The van der Waals surface area contributed by atoms with Crippen molar-refractivity contribution in [2.75, 3.05) is 19.7 Å². The molecule has 2 heterocycles. The zero-order chi connectivity index (χ0) is 17.4. The summed E-state index contributed by atoms with van der Waals surface area (Å²) in [6, 6.07) is 3.28. The number of carbonyl (C=O) groups is 1. The largest absolute Gasteiger partial charge is 0.375 e. The number of hydrogen-bond donors (Lipinski definition) is 0. The molecule has 24 heavy (non-hydrogen) atoms. The molecule has 1 aromatic heterocycles. The third-order valence-corrected chi connectivity index (χ3v) is 4.17. The monoisotopic (exact) mass is 335 g/mol. The molecule has 3 rings (SSSR count). The Kier molecular flexibility index (Phi) is 4.36. The number of morpholine rings is 1. The van der Waals surface area contributed by atoms with Gasteiger partial charge in [-0.3, -0.25) is 4.79 Å². The highest BCUT2D eigenvalue weighted by molar-refractivity contribution is 5.96. The van der Waals surface area contributed by atoms with E-state index in [0.717, 1.165) is 6.07 Å². The highest BCUT2D eigenvalue weighted by Crippen LogP contribution is 2.22. The number of halogens is 2. The Balaban J connectivity index is 1.99. The van der Waals surface area contributed by atoms with Gasteiger partial charge in [0.2, 0.25) is 0 Å². The first-order valence-electron chi connectivity index (χ1n) is 7.81. The highest BCUT2D eigenvalue weighted by atomic mass is 19.1. The summed E-state index contributed by atoms with van der Waals surface area (Å²) in [6.07, 6.45) is -0.0205. The van der Waals surface area contributed by atoms with Crippen LogP contribution in [0.15, 0.2) is 18.2 Å². The maximum Gasteiger partial charge on any atom is 0.257 e. The molecular weight excluding hydrogens is 316 g/mol. The van der Waals surface area contributed by atoms with Crippen molar-refractivity contribution in [1.29, 1.82) is 0 Å². The van der Waals surface area contributed by atoms with Gasteiger partial charge in [-0.2, -0.15) is 5.10 Å². The maximum absolute atomic E-state index is 14.1. The van der Waals surface area contributed by atoms with Crippen molar-refractivity contribution in [2.24, 2.45) is 0 Å². The van der Waals surface area contributed by atoms with Gasteiger partial charge in [0.05, 0.1) is 29.7 Å². The van der Waals surface area contributed by atoms with Crippen molar-refractivity contribution < 1.29 is 18.3 Å². The fourth-order valence-corrected chi connectivity index (χ4v) is 3.00. The lowest BCUT2D eigenvalue weighted by Gasteiger charge is -2.31.